The van der Waals surface area contributed by atoms with E-state index in [-0.39, 0.29) is 18.4 Å². The van der Waals surface area contributed by atoms with E-state index in [2.05, 4.69) is 25.1 Å². The minimum absolute atomic E-state index is 0. The number of hydrogen-bond donors (Lipinski definition) is 1. The molecular formula is C14H24ClNO. The van der Waals surface area contributed by atoms with Gasteiger partial charge in [0.25, 0.3) is 0 Å². The highest BCUT2D eigenvalue weighted by Crippen LogP contribution is 2.24. The Hall–Kier alpha value is -0.730. The lowest BCUT2D eigenvalue weighted by Crippen LogP contribution is -2.10. The third kappa shape index (κ3) is 4.97. The number of rotatable bonds is 6. The van der Waals surface area contributed by atoms with Gasteiger partial charge in [-0.05, 0) is 30.5 Å². The predicted molar refractivity (Wildman–Crippen MR) is 76.0 cm³/mol. The van der Waals surface area contributed by atoms with Crippen molar-refractivity contribution < 1.29 is 4.74 Å². The lowest BCUT2D eigenvalue weighted by atomic mass is 10.00. The molecule has 1 rings (SSSR count). The van der Waals surface area contributed by atoms with Crippen LogP contribution in [0.25, 0.3) is 0 Å². The molecule has 0 spiro atoms. The fourth-order valence-electron chi connectivity index (χ4n) is 1.85. The Kier molecular flexibility index (Phi) is 8.01. The van der Waals surface area contributed by atoms with E-state index in [1.165, 1.54) is 24.8 Å². The van der Waals surface area contributed by atoms with Crippen molar-refractivity contribution in [2.45, 2.75) is 45.6 Å². The summed E-state index contributed by atoms with van der Waals surface area (Å²) in [4.78, 5) is 0. The number of nitrogens with two attached hydrogens (primary N) is 1. The van der Waals surface area contributed by atoms with Gasteiger partial charge in [0.05, 0.1) is 7.11 Å². The van der Waals surface area contributed by atoms with Crippen LogP contribution in [-0.4, -0.2) is 7.11 Å². The molecule has 0 saturated carbocycles. The first kappa shape index (κ1) is 16.3. The summed E-state index contributed by atoms with van der Waals surface area (Å²) >= 11 is 0. The number of hydrogen-bond acceptors (Lipinski definition) is 2. The molecule has 0 aromatic heterocycles. The van der Waals surface area contributed by atoms with Gasteiger partial charge in [-0.25, -0.2) is 0 Å². The first-order valence-electron chi connectivity index (χ1n) is 6.09. The van der Waals surface area contributed by atoms with Gasteiger partial charge in [0.15, 0.2) is 0 Å². The summed E-state index contributed by atoms with van der Waals surface area (Å²) in [6, 6.07) is 6.38. The van der Waals surface area contributed by atoms with Crippen LogP contribution >= 0.6 is 12.4 Å². The van der Waals surface area contributed by atoms with Crippen molar-refractivity contribution in [2.24, 2.45) is 5.73 Å². The molecule has 3 heteroatoms. The minimum Gasteiger partial charge on any atom is -0.496 e. The summed E-state index contributed by atoms with van der Waals surface area (Å²) in [5, 5.41) is 0. The average molecular weight is 258 g/mol. The molecule has 17 heavy (non-hydrogen) atoms. The Morgan fingerprint density at radius 3 is 2.59 bits per heavy atom. The highest BCUT2D eigenvalue weighted by Gasteiger charge is 2.07. The minimum atomic E-state index is 0. The average Bonchev–Trinajstić information content (AvgIpc) is 2.30. The van der Waals surface area contributed by atoms with Crippen molar-refractivity contribution >= 4 is 12.4 Å². The summed E-state index contributed by atoms with van der Waals surface area (Å²) in [5.74, 6) is 0.934. The van der Waals surface area contributed by atoms with Gasteiger partial charge in [-0.2, -0.15) is 0 Å². The second kappa shape index (κ2) is 8.37. The molecule has 0 aliphatic rings. The second-order valence-electron chi connectivity index (χ2n) is 4.33. The van der Waals surface area contributed by atoms with Crippen molar-refractivity contribution in [3.8, 4) is 5.75 Å². The lowest BCUT2D eigenvalue weighted by Gasteiger charge is -2.14. The van der Waals surface area contributed by atoms with Crippen LogP contribution < -0.4 is 10.5 Å². The molecule has 0 unspecified atom stereocenters. The number of halogens is 1. The van der Waals surface area contributed by atoms with Crippen molar-refractivity contribution in [3.05, 3.63) is 29.3 Å². The van der Waals surface area contributed by atoms with Crippen LogP contribution in [0.1, 0.15) is 49.8 Å². The Morgan fingerprint density at radius 2 is 2.00 bits per heavy atom. The van der Waals surface area contributed by atoms with E-state index >= 15 is 0 Å². The summed E-state index contributed by atoms with van der Waals surface area (Å²) in [7, 11) is 1.70. The van der Waals surface area contributed by atoms with Gasteiger partial charge in [0, 0.05) is 6.04 Å². The van der Waals surface area contributed by atoms with E-state index in [0.717, 1.165) is 17.7 Å². The van der Waals surface area contributed by atoms with Crippen LogP contribution in [0.4, 0.5) is 0 Å². The molecule has 1 aromatic carbocycles. The number of aryl methyl sites for hydroxylation is 1. The molecule has 0 fully saturated rings. The third-order valence-electron chi connectivity index (χ3n) is 2.98. The van der Waals surface area contributed by atoms with E-state index in [1.807, 2.05) is 6.92 Å². The SMILES string of the molecule is CCCCC[C@H](N)c1ccc(C)c(OC)c1.Cl. The van der Waals surface area contributed by atoms with Gasteiger partial charge < -0.3 is 10.5 Å². The van der Waals surface area contributed by atoms with Crippen molar-refractivity contribution in [1.29, 1.82) is 0 Å². The number of benzene rings is 1. The molecular weight excluding hydrogens is 234 g/mol. The summed E-state index contributed by atoms with van der Waals surface area (Å²) < 4.78 is 5.31. The first-order chi connectivity index (χ1) is 7.69. The third-order valence-corrected chi connectivity index (χ3v) is 2.98. The maximum Gasteiger partial charge on any atom is 0.122 e. The van der Waals surface area contributed by atoms with Gasteiger partial charge in [-0.15, -0.1) is 12.4 Å². The number of methoxy groups -OCH3 is 1. The van der Waals surface area contributed by atoms with Crippen molar-refractivity contribution in [3.63, 3.8) is 0 Å². The quantitative estimate of drug-likeness (QED) is 0.782. The second-order valence-corrected chi connectivity index (χ2v) is 4.33. The van der Waals surface area contributed by atoms with Gasteiger partial charge in [-0.3, -0.25) is 0 Å². The standard InChI is InChI=1S/C14H23NO.ClH/c1-4-5-6-7-13(15)12-9-8-11(2)14(10-12)16-3;/h8-10,13H,4-7,15H2,1-3H3;1H/t13-;/m0./s1. The van der Waals surface area contributed by atoms with E-state index in [9.17, 15) is 0 Å². The molecule has 1 aromatic rings. The highest BCUT2D eigenvalue weighted by atomic mass is 35.5. The smallest absolute Gasteiger partial charge is 0.122 e. The van der Waals surface area contributed by atoms with Crippen molar-refractivity contribution in [1.82, 2.24) is 0 Å². The summed E-state index contributed by atoms with van der Waals surface area (Å²) in [5.41, 5.74) is 8.49. The largest absolute Gasteiger partial charge is 0.496 e. The zero-order valence-electron chi connectivity index (χ0n) is 11.0. The molecule has 1 atom stereocenters. The normalized spacial score (nSPS) is 11.8. The molecule has 0 radical (unpaired) electrons. The topological polar surface area (TPSA) is 35.2 Å². The van der Waals surface area contributed by atoms with Crippen LogP contribution in [0, 0.1) is 6.92 Å². The molecule has 0 saturated heterocycles. The van der Waals surface area contributed by atoms with E-state index in [4.69, 9.17) is 10.5 Å². The Morgan fingerprint density at radius 1 is 1.29 bits per heavy atom. The fraction of sp³-hybridized carbons (Fsp3) is 0.571. The van der Waals surface area contributed by atoms with E-state index < -0.39 is 0 Å². The molecule has 98 valence electrons. The lowest BCUT2D eigenvalue weighted by molar-refractivity contribution is 0.410. The van der Waals surface area contributed by atoms with Crippen LogP contribution in [-0.2, 0) is 0 Å². The molecule has 0 bridgehead atoms. The van der Waals surface area contributed by atoms with Crippen LogP contribution in [0.15, 0.2) is 18.2 Å². The van der Waals surface area contributed by atoms with Crippen molar-refractivity contribution in [2.75, 3.05) is 7.11 Å². The van der Waals surface area contributed by atoms with Gasteiger partial charge in [0.2, 0.25) is 0 Å². The molecule has 0 aliphatic carbocycles. The Bertz CT molecular complexity index is 328. The number of ether oxygens (including phenoxy) is 1. The maximum atomic E-state index is 6.15. The first-order valence-corrected chi connectivity index (χ1v) is 6.09. The Labute approximate surface area is 111 Å². The zero-order valence-corrected chi connectivity index (χ0v) is 11.8. The summed E-state index contributed by atoms with van der Waals surface area (Å²) in [6.45, 7) is 4.26. The molecule has 0 aliphatic heterocycles. The molecule has 2 N–H and O–H groups in total. The predicted octanol–water partition coefficient (Wildman–Crippen LogP) is 4.01. The fourth-order valence-corrected chi connectivity index (χ4v) is 1.85. The molecule has 0 heterocycles. The Balaban J connectivity index is 0.00000256. The summed E-state index contributed by atoms with van der Waals surface area (Å²) in [6.07, 6.45) is 4.76. The molecule has 0 amide bonds. The van der Waals surface area contributed by atoms with Gasteiger partial charge in [-0.1, -0.05) is 38.3 Å². The van der Waals surface area contributed by atoms with E-state index in [0.29, 0.717) is 0 Å². The van der Waals surface area contributed by atoms with Crippen LogP contribution in [0.3, 0.4) is 0 Å². The zero-order chi connectivity index (χ0) is 12.0. The van der Waals surface area contributed by atoms with Crippen LogP contribution in [0.2, 0.25) is 0 Å². The maximum absolute atomic E-state index is 6.15. The monoisotopic (exact) mass is 257 g/mol. The molecule has 2 nitrogen and oxygen atoms in total. The van der Waals surface area contributed by atoms with Crippen LogP contribution in [0.5, 0.6) is 5.75 Å². The van der Waals surface area contributed by atoms with E-state index in [1.54, 1.807) is 7.11 Å². The van der Waals surface area contributed by atoms with Gasteiger partial charge in [0.1, 0.15) is 5.75 Å². The number of unbranched alkanes of at least 4 members (excludes halogenated alkanes) is 2. The highest BCUT2D eigenvalue weighted by molar-refractivity contribution is 5.85. The van der Waals surface area contributed by atoms with Gasteiger partial charge >= 0.3 is 0 Å².